The topological polar surface area (TPSA) is 69.8 Å². The minimum Gasteiger partial charge on any atom is -0.351 e. The first kappa shape index (κ1) is 12.4. The number of carbonyl (C=O) groups is 1. The van der Waals surface area contributed by atoms with Crippen molar-refractivity contribution in [3.8, 4) is 0 Å². The summed E-state index contributed by atoms with van der Waals surface area (Å²) < 4.78 is 0. The average molecular weight is 274 g/mol. The van der Waals surface area contributed by atoms with Crippen molar-refractivity contribution in [2.24, 2.45) is 5.92 Å². The third kappa shape index (κ3) is 2.24. The number of aromatic amines is 1. The Labute approximate surface area is 118 Å². The summed E-state index contributed by atoms with van der Waals surface area (Å²) in [7, 11) is 0. The van der Waals surface area contributed by atoms with Crippen LogP contribution in [0, 0.1) is 5.92 Å². The molecule has 20 heavy (non-hydrogen) atoms. The standard InChI is InChI=1S/C15H22N4O/c20-15(13-5-9-3-1-2-4-11(9)18-13)19-12-6-10(12)14-7-16-8-17-14/h7-13,18H,1-6H2,(H,16,17)(H,19,20). The fourth-order valence-electron chi connectivity index (χ4n) is 3.97. The van der Waals surface area contributed by atoms with Crippen molar-refractivity contribution in [2.75, 3.05) is 0 Å². The summed E-state index contributed by atoms with van der Waals surface area (Å²) >= 11 is 0. The second-order valence-electron chi connectivity index (χ2n) is 6.57. The van der Waals surface area contributed by atoms with Gasteiger partial charge in [0.25, 0.3) is 0 Å². The smallest absolute Gasteiger partial charge is 0.237 e. The van der Waals surface area contributed by atoms with Crippen LogP contribution >= 0.6 is 0 Å². The average Bonchev–Trinajstić information content (AvgIpc) is 2.94. The van der Waals surface area contributed by atoms with Crippen LogP contribution in [-0.2, 0) is 4.79 Å². The Morgan fingerprint density at radius 3 is 3.00 bits per heavy atom. The van der Waals surface area contributed by atoms with Gasteiger partial charge in [0.15, 0.2) is 0 Å². The van der Waals surface area contributed by atoms with Gasteiger partial charge >= 0.3 is 0 Å². The predicted molar refractivity (Wildman–Crippen MR) is 75.2 cm³/mol. The van der Waals surface area contributed by atoms with E-state index in [4.69, 9.17) is 0 Å². The maximum atomic E-state index is 12.4. The number of hydrogen-bond acceptors (Lipinski definition) is 3. The Kier molecular flexibility index (Phi) is 3.02. The molecule has 3 fully saturated rings. The van der Waals surface area contributed by atoms with E-state index in [-0.39, 0.29) is 11.9 Å². The molecule has 1 aliphatic heterocycles. The van der Waals surface area contributed by atoms with E-state index in [1.54, 1.807) is 6.33 Å². The fourth-order valence-corrected chi connectivity index (χ4v) is 3.97. The Morgan fingerprint density at radius 1 is 1.30 bits per heavy atom. The number of carbonyl (C=O) groups excluding carboxylic acids is 1. The molecule has 1 aromatic heterocycles. The molecule has 5 atom stereocenters. The van der Waals surface area contributed by atoms with Gasteiger partial charge in [0, 0.05) is 29.9 Å². The molecule has 0 aromatic carbocycles. The number of amides is 1. The van der Waals surface area contributed by atoms with Gasteiger partial charge in [-0.05, 0) is 31.6 Å². The van der Waals surface area contributed by atoms with Gasteiger partial charge in [0.2, 0.25) is 5.91 Å². The molecular weight excluding hydrogens is 252 g/mol. The monoisotopic (exact) mass is 274 g/mol. The van der Waals surface area contributed by atoms with Crippen LogP contribution in [0.2, 0.25) is 0 Å². The van der Waals surface area contributed by atoms with Gasteiger partial charge in [-0.1, -0.05) is 12.8 Å². The molecule has 5 nitrogen and oxygen atoms in total. The number of fused-ring (bicyclic) bond motifs is 1. The Morgan fingerprint density at radius 2 is 2.20 bits per heavy atom. The van der Waals surface area contributed by atoms with E-state index in [0.717, 1.165) is 24.5 Å². The molecule has 3 aliphatic rings. The Balaban J connectivity index is 1.31. The maximum absolute atomic E-state index is 12.4. The molecule has 5 heteroatoms. The van der Waals surface area contributed by atoms with Crippen molar-refractivity contribution in [3.05, 3.63) is 18.2 Å². The minimum absolute atomic E-state index is 0.0334. The van der Waals surface area contributed by atoms with Gasteiger partial charge in [0.1, 0.15) is 0 Å². The number of H-pyrrole nitrogens is 1. The van der Waals surface area contributed by atoms with Crippen LogP contribution in [0.25, 0.3) is 0 Å². The molecule has 4 rings (SSSR count). The zero-order chi connectivity index (χ0) is 13.5. The molecule has 2 aliphatic carbocycles. The first-order valence-corrected chi connectivity index (χ1v) is 7.86. The van der Waals surface area contributed by atoms with E-state index in [1.165, 1.54) is 25.7 Å². The molecule has 108 valence electrons. The van der Waals surface area contributed by atoms with Crippen LogP contribution in [0.5, 0.6) is 0 Å². The van der Waals surface area contributed by atoms with Crippen LogP contribution < -0.4 is 10.6 Å². The van der Waals surface area contributed by atoms with Crippen LogP contribution in [0.1, 0.15) is 50.1 Å². The number of aromatic nitrogens is 2. The summed E-state index contributed by atoms with van der Waals surface area (Å²) in [6.45, 7) is 0. The first-order valence-electron chi connectivity index (χ1n) is 7.86. The van der Waals surface area contributed by atoms with E-state index in [9.17, 15) is 4.79 Å². The quantitative estimate of drug-likeness (QED) is 0.778. The van der Waals surface area contributed by atoms with Crippen molar-refractivity contribution >= 4 is 5.91 Å². The normalized spacial score (nSPS) is 39.3. The highest BCUT2D eigenvalue weighted by molar-refractivity contribution is 5.83. The maximum Gasteiger partial charge on any atom is 0.237 e. The molecule has 0 spiro atoms. The summed E-state index contributed by atoms with van der Waals surface area (Å²) in [4.78, 5) is 19.5. The lowest BCUT2D eigenvalue weighted by molar-refractivity contribution is -0.123. The lowest BCUT2D eigenvalue weighted by Crippen LogP contribution is -2.44. The molecule has 5 unspecified atom stereocenters. The Hall–Kier alpha value is -1.36. The molecule has 0 radical (unpaired) electrons. The predicted octanol–water partition coefficient (Wildman–Crippen LogP) is 1.30. The Bertz CT molecular complexity index is 472. The van der Waals surface area contributed by atoms with Crippen LogP contribution in [-0.4, -0.2) is 34.0 Å². The molecule has 1 amide bonds. The minimum atomic E-state index is 0.0334. The van der Waals surface area contributed by atoms with Gasteiger partial charge in [-0.25, -0.2) is 4.98 Å². The zero-order valence-corrected chi connectivity index (χ0v) is 11.6. The van der Waals surface area contributed by atoms with Gasteiger partial charge in [-0.15, -0.1) is 0 Å². The molecule has 2 heterocycles. The van der Waals surface area contributed by atoms with E-state index in [1.807, 2.05) is 6.20 Å². The molecule has 1 saturated heterocycles. The lowest BCUT2D eigenvalue weighted by Gasteiger charge is -2.24. The summed E-state index contributed by atoms with van der Waals surface area (Å²) in [5.41, 5.74) is 1.14. The van der Waals surface area contributed by atoms with Gasteiger partial charge < -0.3 is 15.6 Å². The number of nitrogens with zero attached hydrogens (tertiary/aromatic N) is 1. The summed E-state index contributed by atoms with van der Waals surface area (Å²) in [5.74, 6) is 1.36. The summed E-state index contributed by atoms with van der Waals surface area (Å²) in [6, 6.07) is 0.917. The number of imidazole rings is 1. The molecule has 0 bridgehead atoms. The highest BCUT2D eigenvalue weighted by atomic mass is 16.2. The third-order valence-electron chi connectivity index (χ3n) is 5.22. The van der Waals surface area contributed by atoms with Crippen LogP contribution in [0.15, 0.2) is 12.5 Å². The first-order chi connectivity index (χ1) is 9.81. The third-order valence-corrected chi connectivity index (χ3v) is 5.22. The highest BCUT2D eigenvalue weighted by Gasteiger charge is 2.44. The van der Waals surface area contributed by atoms with E-state index < -0.39 is 0 Å². The summed E-state index contributed by atoms with van der Waals surface area (Å²) in [6.07, 6.45) is 10.8. The molecule has 2 saturated carbocycles. The van der Waals surface area contributed by atoms with Crippen LogP contribution in [0.4, 0.5) is 0 Å². The molecule has 1 aromatic rings. The second kappa shape index (κ2) is 4.88. The van der Waals surface area contributed by atoms with Crippen molar-refractivity contribution in [3.63, 3.8) is 0 Å². The van der Waals surface area contributed by atoms with Crippen LogP contribution in [0.3, 0.4) is 0 Å². The SMILES string of the molecule is O=C(NC1CC1c1cnc[nH]1)C1CC2CCCCC2N1. The zero-order valence-electron chi connectivity index (χ0n) is 11.6. The molecule has 3 N–H and O–H groups in total. The van der Waals surface area contributed by atoms with Crippen molar-refractivity contribution in [1.82, 2.24) is 20.6 Å². The van der Waals surface area contributed by atoms with E-state index in [2.05, 4.69) is 20.6 Å². The largest absolute Gasteiger partial charge is 0.351 e. The highest BCUT2D eigenvalue weighted by Crippen LogP contribution is 2.40. The van der Waals surface area contributed by atoms with E-state index >= 15 is 0 Å². The fraction of sp³-hybridized carbons (Fsp3) is 0.733. The lowest BCUT2D eigenvalue weighted by atomic mass is 9.85. The molecular formula is C15H22N4O. The number of nitrogens with one attached hydrogen (secondary N) is 3. The number of hydrogen-bond donors (Lipinski definition) is 3. The van der Waals surface area contributed by atoms with E-state index in [0.29, 0.717) is 18.0 Å². The second-order valence-corrected chi connectivity index (χ2v) is 6.57. The van der Waals surface area contributed by atoms with Crippen molar-refractivity contribution in [2.45, 2.75) is 62.6 Å². The van der Waals surface area contributed by atoms with Gasteiger partial charge in [0.05, 0.1) is 12.4 Å². The van der Waals surface area contributed by atoms with Crippen molar-refractivity contribution in [1.29, 1.82) is 0 Å². The van der Waals surface area contributed by atoms with Crippen molar-refractivity contribution < 1.29 is 4.79 Å². The van der Waals surface area contributed by atoms with Gasteiger partial charge in [-0.2, -0.15) is 0 Å². The number of rotatable bonds is 3. The van der Waals surface area contributed by atoms with Gasteiger partial charge in [-0.3, -0.25) is 4.79 Å². The summed E-state index contributed by atoms with van der Waals surface area (Å²) in [5, 5.41) is 6.74.